The van der Waals surface area contributed by atoms with Crippen molar-refractivity contribution in [2.75, 3.05) is 11.9 Å². The molecule has 0 aliphatic heterocycles. The van der Waals surface area contributed by atoms with Gasteiger partial charge in [0.1, 0.15) is 11.6 Å². The first-order chi connectivity index (χ1) is 9.97. The molecule has 1 N–H and O–H groups in total. The Bertz CT molecular complexity index is 536. The summed E-state index contributed by atoms with van der Waals surface area (Å²) in [6.45, 7) is 9.31. The van der Waals surface area contributed by atoms with E-state index in [-0.39, 0.29) is 0 Å². The van der Waals surface area contributed by atoms with Gasteiger partial charge in [0.15, 0.2) is 5.82 Å². The van der Waals surface area contributed by atoms with Gasteiger partial charge in [-0.25, -0.2) is 0 Å². The number of anilines is 1. The first kappa shape index (κ1) is 15.8. The van der Waals surface area contributed by atoms with Crippen LogP contribution >= 0.6 is 0 Å². The van der Waals surface area contributed by atoms with E-state index in [4.69, 9.17) is 0 Å². The second kappa shape index (κ2) is 6.43. The van der Waals surface area contributed by atoms with Gasteiger partial charge in [-0.3, -0.25) is 0 Å². The predicted octanol–water partition coefficient (Wildman–Crippen LogP) is 3.98. The minimum atomic E-state index is 0.362. The van der Waals surface area contributed by atoms with Crippen molar-refractivity contribution in [2.24, 2.45) is 11.3 Å². The van der Waals surface area contributed by atoms with E-state index >= 15 is 0 Å². The number of rotatable bonds is 5. The minimum absolute atomic E-state index is 0.362. The van der Waals surface area contributed by atoms with Gasteiger partial charge in [-0.05, 0) is 50.0 Å². The lowest BCUT2D eigenvalue weighted by atomic mass is 9.78. The van der Waals surface area contributed by atoms with Crippen LogP contribution in [0.15, 0.2) is 0 Å². The molecule has 1 heterocycles. The Kier molecular flexibility index (Phi) is 4.82. The van der Waals surface area contributed by atoms with E-state index in [1.807, 2.05) is 13.8 Å². The molecule has 0 amide bonds. The van der Waals surface area contributed by atoms with Crippen molar-refractivity contribution in [3.05, 3.63) is 16.8 Å². The Morgan fingerprint density at radius 2 is 1.90 bits per heavy atom. The molecule has 0 unspecified atom stereocenters. The second-order valence-electron chi connectivity index (χ2n) is 6.90. The molecule has 1 saturated carbocycles. The number of nitrogens with one attached hydrogen (secondary N) is 1. The second-order valence-corrected chi connectivity index (χ2v) is 6.90. The third-order valence-corrected chi connectivity index (χ3v) is 4.70. The largest absolute Gasteiger partial charge is 0.367 e. The molecule has 0 aromatic carbocycles. The van der Waals surface area contributed by atoms with E-state index in [1.54, 1.807) is 0 Å². The molecule has 2 rings (SSSR count). The monoisotopic (exact) mass is 286 g/mol. The third-order valence-electron chi connectivity index (χ3n) is 4.70. The van der Waals surface area contributed by atoms with Crippen LogP contribution in [0.5, 0.6) is 0 Å². The summed E-state index contributed by atoms with van der Waals surface area (Å²) in [6, 6.07) is 2.27. The van der Waals surface area contributed by atoms with E-state index in [0.717, 1.165) is 17.8 Å². The Balaban J connectivity index is 2.15. The number of hydrogen-bond donors (Lipinski definition) is 1. The molecule has 1 fully saturated rings. The molecule has 114 valence electrons. The van der Waals surface area contributed by atoms with Gasteiger partial charge in [-0.2, -0.15) is 10.4 Å². The Morgan fingerprint density at radius 1 is 1.24 bits per heavy atom. The highest BCUT2D eigenvalue weighted by Crippen LogP contribution is 2.43. The van der Waals surface area contributed by atoms with Crippen molar-refractivity contribution < 1.29 is 0 Å². The highest BCUT2D eigenvalue weighted by Gasteiger charge is 2.34. The van der Waals surface area contributed by atoms with E-state index in [0.29, 0.717) is 22.7 Å². The lowest BCUT2D eigenvalue weighted by Crippen LogP contribution is -2.29. The maximum absolute atomic E-state index is 9.37. The fourth-order valence-electron chi connectivity index (χ4n) is 3.58. The average Bonchev–Trinajstić information content (AvgIpc) is 2.88. The van der Waals surface area contributed by atoms with Gasteiger partial charge in [-0.1, -0.05) is 26.7 Å². The molecule has 0 atom stereocenters. The van der Waals surface area contributed by atoms with E-state index in [2.05, 4.69) is 35.4 Å². The Morgan fingerprint density at radius 3 is 2.48 bits per heavy atom. The fourth-order valence-corrected chi connectivity index (χ4v) is 3.58. The SMILES string of the molecule is Cc1nnc(NCC2(CC(C)C)CCCC2)c(C#N)c1C. The van der Waals surface area contributed by atoms with Crippen LogP contribution in [0, 0.1) is 36.5 Å². The number of hydrogen-bond acceptors (Lipinski definition) is 4. The van der Waals surface area contributed by atoms with Crippen molar-refractivity contribution in [1.29, 1.82) is 5.26 Å². The zero-order valence-corrected chi connectivity index (χ0v) is 13.7. The Labute approximate surface area is 128 Å². The summed E-state index contributed by atoms with van der Waals surface area (Å²) >= 11 is 0. The molecule has 0 spiro atoms. The Hall–Kier alpha value is -1.63. The molecule has 0 radical (unpaired) electrons. The van der Waals surface area contributed by atoms with Crippen LogP contribution in [-0.2, 0) is 0 Å². The number of aromatic nitrogens is 2. The molecule has 1 aromatic rings. The van der Waals surface area contributed by atoms with Crippen LogP contribution in [-0.4, -0.2) is 16.7 Å². The third kappa shape index (κ3) is 3.53. The molecular formula is C17H26N4. The van der Waals surface area contributed by atoms with Crippen molar-refractivity contribution in [3.63, 3.8) is 0 Å². The summed E-state index contributed by atoms with van der Waals surface area (Å²) < 4.78 is 0. The van der Waals surface area contributed by atoms with Crippen molar-refractivity contribution in [1.82, 2.24) is 10.2 Å². The van der Waals surface area contributed by atoms with E-state index in [9.17, 15) is 5.26 Å². The highest BCUT2D eigenvalue weighted by atomic mass is 15.2. The van der Waals surface area contributed by atoms with Crippen molar-refractivity contribution in [2.45, 2.75) is 59.8 Å². The number of nitrogens with zero attached hydrogens (tertiary/aromatic N) is 3. The molecule has 1 aromatic heterocycles. The zero-order valence-electron chi connectivity index (χ0n) is 13.7. The zero-order chi connectivity index (χ0) is 15.5. The van der Waals surface area contributed by atoms with Gasteiger partial charge >= 0.3 is 0 Å². The van der Waals surface area contributed by atoms with Gasteiger partial charge in [-0.15, -0.1) is 5.10 Å². The molecule has 0 bridgehead atoms. The summed E-state index contributed by atoms with van der Waals surface area (Å²) in [5.74, 6) is 1.35. The number of nitriles is 1. The molecule has 21 heavy (non-hydrogen) atoms. The van der Waals surface area contributed by atoms with Gasteiger partial charge in [0.25, 0.3) is 0 Å². The summed E-state index contributed by atoms with van der Waals surface area (Å²) in [6.07, 6.45) is 6.42. The van der Waals surface area contributed by atoms with Crippen LogP contribution in [0.4, 0.5) is 5.82 Å². The van der Waals surface area contributed by atoms with Crippen LogP contribution in [0.3, 0.4) is 0 Å². The van der Waals surface area contributed by atoms with Crippen molar-refractivity contribution in [3.8, 4) is 6.07 Å². The molecular weight excluding hydrogens is 260 g/mol. The van der Waals surface area contributed by atoms with Crippen LogP contribution < -0.4 is 5.32 Å². The maximum atomic E-state index is 9.37. The topological polar surface area (TPSA) is 61.6 Å². The van der Waals surface area contributed by atoms with Crippen LogP contribution in [0.1, 0.15) is 62.8 Å². The molecule has 1 aliphatic carbocycles. The standard InChI is InChI=1S/C17H26N4/c1-12(2)9-17(7-5-6-8-17)11-19-16-15(10-18)13(3)14(4)20-21-16/h12H,5-9,11H2,1-4H3,(H,19,21). The summed E-state index contributed by atoms with van der Waals surface area (Å²) in [4.78, 5) is 0. The van der Waals surface area contributed by atoms with Gasteiger partial charge < -0.3 is 5.32 Å². The fraction of sp³-hybridized carbons (Fsp3) is 0.706. The lowest BCUT2D eigenvalue weighted by molar-refractivity contribution is 0.252. The maximum Gasteiger partial charge on any atom is 0.166 e. The van der Waals surface area contributed by atoms with Crippen LogP contribution in [0.2, 0.25) is 0 Å². The predicted molar refractivity (Wildman–Crippen MR) is 85.1 cm³/mol. The van der Waals surface area contributed by atoms with Crippen molar-refractivity contribution >= 4 is 5.82 Å². The quantitative estimate of drug-likeness (QED) is 0.889. The molecule has 1 aliphatic rings. The summed E-state index contributed by atoms with van der Waals surface area (Å²) in [5.41, 5.74) is 2.76. The van der Waals surface area contributed by atoms with Gasteiger partial charge in [0, 0.05) is 6.54 Å². The average molecular weight is 286 g/mol. The minimum Gasteiger partial charge on any atom is -0.367 e. The van der Waals surface area contributed by atoms with Crippen LogP contribution in [0.25, 0.3) is 0 Å². The molecule has 0 saturated heterocycles. The van der Waals surface area contributed by atoms with Gasteiger partial charge in [0.2, 0.25) is 0 Å². The van der Waals surface area contributed by atoms with E-state index in [1.165, 1.54) is 32.1 Å². The molecule has 4 nitrogen and oxygen atoms in total. The summed E-state index contributed by atoms with van der Waals surface area (Å²) in [5, 5.41) is 21.1. The van der Waals surface area contributed by atoms with E-state index < -0.39 is 0 Å². The normalized spacial score (nSPS) is 17.0. The molecule has 4 heteroatoms. The first-order valence-electron chi connectivity index (χ1n) is 7.95. The number of aryl methyl sites for hydroxylation is 1. The van der Waals surface area contributed by atoms with Gasteiger partial charge in [0.05, 0.1) is 5.69 Å². The smallest absolute Gasteiger partial charge is 0.166 e. The summed E-state index contributed by atoms with van der Waals surface area (Å²) in [7, 11) is 0. The lowest BCUT2D eigenvalue weighted by Gasteiger charge is -2.31. The highest BCUT2D eigenvalue weighted by molar-refractivity contribution is 5.55. The first-order valence-corrected chi connectivity index (χ1v) is 7.95.